The average molecular weight is 295 g/mol. The Bertz CT molecular complexity index is 661. The molecule has 0 atom stereocenters. The molecule has 3 rings (SSSR count). The average Bonchev–Trinajstić information content (AvgIpc) is 2.55. The predicted octanol–water partition coefficient (Wildman–Crippen LogP) is 2.73. The second-order valence-corrected chi connectivity index (χ2v) is 5.66. The second kappa shape index (κ2) is 6.18. The van der Waals surface area contributed by atoms with Gasteiger partial charge < -0.3 is 9.80 Å². The number of carbonyl (C=O) groups excluding carboxylic acids is 1. The second-order valence-electron chi connectivity index (χ2n) is 5.66. The van der Waals surface area contributed by atoms with Crippen LogP contribution in [-0.2, 0) is 4.79 Å². The molecule has 2 aromatic rings. The molecule has 1 aliphatic rings. The number of benzene rings is 1. The summed E-state index contributed by atoms with van der Waals surface area (Å²) in [6, 6.07) is 14.6. The molecular weight excluding hydrogens is 274 g/mol. The summed E-state index contributed by atoms with van der Waals surface area (Å²) in [5.41, 5.74) is 3.41. The van der Waals surface area contributed by atoms with Gasteiger partial charge in [0.05, 0.1) is 0 Å². The minimum Gasteiger partial charge on any atom is -0.353 e. The Morgan fingerprint density at radius 1 is 1.00 bits per heavy atom. The fourth-order valence-corrected chi connectivity index (χ4v) is 2.90. The number of hydrogen-bond acceptors (Lipinski definition) is 3. The van der Waals surface area contributed by atoms with Crippen LogP contribution in [0, 0.1) is 6.92 Å². The highest BCUT2D eigenvalue weighted by atomic mass is 16.2. The van der Waals surface area contributed by atoms with Crippen molar-refractivity contribution in [2.24, 2.45) is 0 Å². The molecule has 2 heterocycles. The lowest BCUT2D eigenvalue weighted by Crippen LogP contribution is -2.48. The molecule has 1 saturated heterocycles. The summed E-state index contributed by atoms with van der Waals surface area (Å²) in [4.78, 5) is 20.3. The van der Waals surface area contributed by atoms with Crippen molar-refractivity contribution < 1.29 is 4.79 Å². The number of anilines is 1. The van der Waals surface area contributed by atoms with E-state index in [-0.39, 0.29) is 5.91 Å². The van der Waals surface area contributed by atoms with Crippen molar-refractivity contribution >= 4 is 11.7 Å². The standard InChI is InChI=1S/C18H21N3O/c1-14-17(16-6-4-3-5-7-16)8-9-18(19-14)21-12-10-20(11-13-21)15(2)22/h3-9H,10-13H2,1-2H3. The van der Waals surface area contributed by atoms with Crippen LogP contribution in [-0.4, -0.2) is 42.0 Å². The zero-order valence-electron chi connectivity index (χ0n) is 13.1. The molecule has 4 nitrogen and oxygen atoms in total. The first-order chi connectivity index (χ1) is 10.6. The number of aromatic nitrogens is 1. The Morgan fingerprint density at radius 2 is 1.68 bits per heavy atom. The summed E-state index contributed by atoms with van der Waals surface area (Å²) in [5.74, 6) is 1.16. The molecule has 22 heavy (non-hydrogen) atoms. The van der Waals surface area contributed by atoms with Gasteiger partial charge in [-0.2, -0.15) is 0 Å². The fourth-order valence-electron chi connectivity index (χ4n) is 2.90. The van der Waals surface area contributed by atoms with E-state index < -0.39 is 0 Å². The number of hydrogen-bond donors (Lipinski definition) is 0. The maximum Gasteiger partial charge on any atom is 0.219 e. The van der Waals surface area contributed by atoms with E-state index in [0.29, 0.717) is 0 Å². The maximum absolute atomic E-state index is 11.4. The van der Waals surface area contributed by atoms with E-state index in [4.69, 9.17) is 4.98 Å². The predicted molar refractivity (Wildman–Crippen MR) is 88.9 cm³/mol. The topological polar surface area (TPSA) is 36.4 Å². The van der Waals surface area contributed by atoms with Crippen LogP contribution in [0.3, 0.4) is 0 Å². The number of piperazine rings is 1. The van der Waals surface area contributed by atoms with Crippen LogP contribution in [0.5, 0.6) is 0 Å². The fraction of sp³-hybridized carbons (Fsp3) is 0.333. The van der Waals surface area contributed by atoms with Gasteiger partial charge in [-0.05, 0) is 24.6 Å². The summed E-state index contributed by atoms with van der Waals surface area (Å²) < 4.78 is 0. The van der Waals surface area contributed by atoms with Crippen LogP contribution < -0.4 is 4.90 Å². The molecule has 1 aromatic carbocycles. The number of carbonyl (C=O) groups is 1. The van der Waals surface area contributed by atoms with Crippen LogP contribution >= 0.6 is 0 Å². The van der Waals surface area contributed by atoms with E-state index in [1.165, 1.54) is 11.1 Å². The van der Waals surface area contributed by atoms with Gasteiger partial charge in [0.25, 0.3) is 0 Å². The van der Waals surface area contributed by atoms with Crippen LogP contribution in [0.1, 0.15) is 12.6 Å². The Morgan fingerprint density at radius 3 is 2.27 bits per heavy atom. The Labute approximate surface area is 131 Å². The third-order valence-corrected chi connectivity index (χ3v) is 4.20. The Balaban J connectivity index is 1.77. The van der Waals surface area contributed by atoms with Crippen LogP contribution in [0.2, 0.25) is 0 Å². The van der Waals surface area contributed by atoms with E-state index in [1.54, 1.807) is 6.92 Å². The van der Waals surface area contributed by atoms with Crippen LogP contribution in [0.25, 0.3) is 11.1 Å². The summed E-state index contributed by atoms with van der Waals surface area (Å²) in [6.45, 7) is 6.92. The third kappa shape index (κ3) is 2.96. The van der Waals surface area contributed by atoms with Gasteiger partial charge in [-0.25, -0.2) is 4.98 Å². The molecule has 0 bridgehead atoms. The highest BCUT2D eigenvalue weighted by molar-refractivity contribution is 5.73. The van der Waals surface area contributed by atoms with Crippen LogP contribution in [0.4, 0.5) is 5.82 Å². The van der Waals surface area contributed by atoms with Crippen molar-refractivity contribution in [1.82, 2.24) is 9.88 Å². The maximum atomic E-state index is 11.4. The van der Waals surface area contributed by atoms with Crippen molar-refractivity contribution in [3.05, 3.63) is 48.2 Å². The van der Waals surface area contributed by atoms with Gasteiger partial charge in [0.1, 0.15) is 5.82 Å². The van der Waals surface area contributed by atoms with Gasteiger partial charge in [-0.15, -0.1) is 0 Å². The molecule has 4 heteroatoms. The quantitative estimate of drug-likeness (QED) is 0.855. The van der Waals surface area contributed by atoms with Crippen molar-refractivity contribution in [2.75, 3.05) is 31.1 Å². The summed E-state index contributed by atoms with van der Waals surface area (Å²) in [6.07, 6.45) is 0. The Kier molecular flexibility index (Phi) is 4.09. The highest BCUT2D eigenvalue weighted by Crippen LogP contribution is 2.25. The van der Waals surface area contributed by atoms with Crippen molar-refractivity contribution in [1.29, 1.82) is 0 Å². The lowest BCUT2D eigenvalue weighted by molar-refractivity contribution is -0.129. The monoisotopic (exact) mass is 295 g/mol. The molecule has 1 aliphatic heterocycles. The zero-order chi connectivity index (χ0) is 15.5. The van der Waals surface area contributed by atoms with E-state index >= 15 is 0 Å². The normalized spacial score (nSPS) is 15.0. The molecule has 0 radical (unpaired) electrons. The van der Waals surface area contributed by atoms with Gasteiger partial charge in [0.15, 0.2) is 0 Å². The zero-order valence-corrected chi connectivity index (χ0v) is 13.1. The van der Waals surface area contributed by atoms with Gasteiger partial charge >= 0.3 is 0 Å². The smallest absolute Gasteiger partial charge is 0.219 e. The molecule has 114 valence electrons. The van der Waals surface area contributed by atoms with E-state index in [1.807, 2.05) is 23.1 Å². The number of pyridine rings is 1. The van der Waals surface area contributed by atoms with Crippen molar-refractivity contribution in [3.8, 4) is 11.1 Å². The highest BCUT2D eigenvalue weighted by Gasteiger charge is 2.19. The molecule has 1 fully saturated rings. The molecule has 1 aromatic heterocycles. The van der Waals surface area contributed by atoms with E-state index in [2.05, 4.69) is 36.1 Å². The van der Waals surface area contributed by atoms with Gasteiger partial charge in [-0.1, -0.05) is 30.3 Å². The lowest BCUT2D eigenvalue weighted by atomic mass is 10.0. The van der Waals surface area contributed by atoms with Gasteiger partial charge in [-0.3, -0.25) is 4.79 Å². The summed E-state index contributed by atoms with van der Waals surface area (Å²) in [7, 11) is 0. The molecule has 0 unspecified atom stereocenters. The van der Waals surface area contributed by atoms with E-state index in [0.717, 1.165) is 37.7 Å². The molecule has 0 aliphatic carbocycles. The SMILES string of the molecule is CC(=O)N1CCN(c2ccc(-c3ccccc3)c(C)n2)CC1. The minimum absolute atomic E-state index is 0.156. The number of aryl methyl sites for hydroxylation is 1. The number of nitrogens with zero attached hydrogens (tertiary/aromatic N) is 3. The lowest BCUT2D eigenvalue weighted by Gasteiger charge is -2.35. The van der Waals surface area contributed by atoms with Gasteiger partial charge in [0, 0.05) is 44.4 Å². The Hall–Kier alpha value is -2.36. The van der Waals surface area contributed by atoms with E-state index in [9.17, 15) is 4.79 Å². The van der Waals surface area contributed by atoms with Crippen molar-refractivity contribution in [3.63, 3.8) is 0 Å². The first-order valence-corrected chi connectivity index (χ1v) is 7.68. The number of rotatable bonds is 2. The first kappa shape index (κ1) is 14.6. The number of amides is 1. The molecular formula is C18H21N3O. The summed E-state index contributed by atoms with van der Waals surface area (Å²) >= 11 is 0. The third-order valence-electron chi connectivity index (χ3n) is 4.20. The molecule has 0 spiro atoms. The van der Waals surface area contributed by atoms with Crippen molar-refractivity contribution in [2.45, 2.75) is 13.8 Å². The first-order valence-electron chi connectivity index (χ1n) is 7.68. The largest absolute Gasteiger partial charge is 0.353 e. The van der Waals surface area contributed by atoms with Crippen LogP contribution in [0.15, 0.2) is 42.5 Å². The minimum atomic E-state index is 0.156. The van der Waals surface area contributed by atoms with Gasteiger partial charge in [0.2, 0.25) is 5.91 Å². The summed E-state index contributed by atoms with van der Waals surface area (Å²) in [5, 5.41) is 0. The molecule has 1 amide bonds. The molecule has 0 N–H and O–H groups in total. The molecule has 0 saturated carbocycles.